The van der Waals surface area contributed by atoms with Crippen LogP contribution in [0, 0.1) is 0 Å². The monoisotopic (exact) mass is 611 g/mol. The molecule has 10 heteroatoms. The molecule has 1 N–H and O–H groups in total. The summed E-state index contributed by atoms with van der Waals surface area (Å²) in [6.07, 6.45) is 6.34. The maximum absolute atomic E-state index is 14.2. The number of carbonyl (C=O) groups excluding carboxylic acids is 2. The number of benzene rings is 3. The molecule has 1 aliphatic rings. The Hall–Kier alpha value is -3.56. The van der Waals surface area contributed by atoms with Crippen molar-refractivity contribution in [1.82, 2.24) is 10.2 Å². The van der Waals surface area contributed by atoms with E-state index in [1.54, 1.807) is 31.4 Å². The number of hydrogen-bond acceptors (Lipinski definition) is 5. The van der Waals surface area contributed by atoms with Gasteiger partial charge in [0.05, 0.1) is 19.1 Å². The maximum Gasteiger partial charge on any atom is 0.244 e. The van der Waals surface area contributed by atoms with Gasteiger partial charge in [-0.2, -0.15) is 0 Å². The predicted molar refractivity (Wildman–Crippen MR) is 166 cm³/mol. The lowest BCUT2D eigenvalue weighted by Gasteiger charge is -2.35. The molecule has 0 radical (unpaired) electrons. The molecule has 0 saturated heterocycles. The van der Waals surface area contributed by atoms with Gasteiger partial charge in [-0.1, -0.05) is 79.4 Å². The summed E-state index contributed by atoms with van der Waals surface area (Å²) >= 11 is 6.17. The SMILES string of the molecule is COc1cccc(CN(C(=O)CN(c2cccc(Cl)c2)S(C)(=O)=O)[C@@H](Cc2ccccc2)C(=O)NC2CCCCC2)c1. The molecule has 2 amide bonds. The van der Waals surface area contributed by atoms with E-state index in [0.717, 1.165) is 53.8 Å². The van der Waals surface area contributed by atoms with Crippen molar-refractivity contribution in [2.24, 2.45) is 0 Å². The highest BCUT2D eigenvalue weighted by Gasteiger charge is 2.34. The molecule has 0 aliphatic heterocycles. The number of nitrogens with zero attached hydrogens (tertiary/aromatic N) is 2. The van der Waals surface area contributed by atoms with E-state index in [1.165, 1.54) is 11.0 Å². The van der Waals surface area contributed by atoms with Gasteiger partial charge in [0.15, 0.2) is 0 Å². The topological polar surface area (TPSA) is 96.0 Å². The number of halogens is 1. The van der Waals surface area contributed by atoms with Gasteiger partial charge >= 0.3 is 0 Å². The van der Waals surface area contributed by atoms with Crippen LogP contribution in [-0.4, -0.2) is 57.1 Å². The van der Waals surface area contributed by atoms with Crippen LogP contribution < -0.4 is 14.4 Å². The van der Waals surface area contributed by atoms with Crippen LogP contribution in [0.25, 0.3) is 0 Å². The third-order valence-electron chi connectivity index (χ3n) is 7.49. The molecule has 1 atom stereocenters. The molecule has 224 valence electrons. The molecular weight excluding hydrogens is 574 g/mol. The number of amides is 2. The lowest BCUT2D eigenvalue weighted by atomic mass is 9.94. The fourth-order valence-electron chi connectivity index (χ4n) is 5.31. The van der Waals surface area contributed by atoms with Gasteiger partial charge in [0.2, 0.25) is 21.8 Å². The Morgan fingerprint density at radius 3 is 2.31 bits per heavy atom. The van der Waals surface area contributed by atoms with E-state index in [1.807, 2.05) is 48.5 Å². The summed E-state index contributed by atoms with van der Waals surface area (Å²) in [7, 11) is -2.31. The zero-order valence-corrected chi connectivity index (χ0v) is 25.6. The Balaban J connectivity index is 1.73. The summed E-state index contributed by atoms with van der Waals surface area (Å²) in [6.45, 7) is -0.413. The first-order chi connectivity index (χ1) is 20.1. The van der Waals surface area contributed by atoms with Crippen molar-refractivity contribution < 1.29 is 22.7 Å². The van der Waals surface area contributed by atoms with Crippen molar-refractivity contribution in [3.05, 3.63) is 95.0 Å². The third kappa shape index (κ3) is 8.72. The predicted octanol–water partition coefficient (Wildman–Crippen LogP) is 5.20. The first kappa shape index (κ1) is 31.4. The van der Waals surface area contributed by atoms with Crippen molar-refractivity contribution in [1.29, 1.82) is 0 Å². The second kappa shape index (κ2) is 14.6. The average Bonchev–Trinajstić information content (AvgIpc) is 2.98. The third-order valence-corrected chi connectivity index (χ3v) is 8.86. The fourth-order valence-corrected chi connectivity index (χ4v) is 6.34. The minimum absolute atomic E-state index is 0.0391. The minimum Gasteiger partial charge on any atom is -0.497 e. The van der Waals surface area contributed by atoms with Crippen molar-refractivity contribution >= 4 is 39.1 Å². The summed E-state index contributed by atoms with van der Waals surface area (Å²) in [5, 5.41) is 3.54. The van der Waals surface area contributed by atoms with Gasteiger partial charge in [-0.25, -0.2) is 8.42 Å². The molecule has 42 heavy (non-hydrogen) atoms. The van der Waals surface area contributed by atoms with Crippen molar-refractivity contribution in [3.8, 4) is 5.75 Å². The van der Waals surface area contributed by atoms with E-state index >= 15 is 0 Å². The zero-order valence-electron chi connectivity index (χ0n) is 24.0. The molecule has 1 saturated carbocycles. The van der Waals surface area contributed by atoms with E-state index in [2.05, 4.69) is 5.32 Å². The summed E-state index contributed by atoms with van der Waals surface area (Å²) in [6, 6.07) is 22.3. The Kier molecular flexibility index (Phi) is 10.9. The molecule has 1 aliphatic carbocycles. The van der Waals surface area contributed by atoms with Crippen LogP contribution in [0.5, 0.6) is 5.75 Å². The quantitative estimate of drug-likeness (QED) is 0.304. The van der Waals surface area contributed by atoms with Gasteiger partial charge in [-0.05, 0) is 54.3 Å². The number of carbonyl (C=O) groups is 2. The Bertz CT molecular complexity index is 1460. The molecule has 0 aromatic heterocycles. The Labute approximate surface area is 253 Å². The summed E-state index contributed by atoms with van der Waals surface area (Å²) in [5.74, 6) is -0.151. The number of nitrogens with one attached hydrogen (secondary N) is 1. The largest absolute Gasteiger partial charge is 0.497 e. The first-order valence-corrected chi connectivity index (χ1v) is 16.4. The Morgan fingerprint density at radius 2 is 1.64 bits per heavy atom. The summed E-state index contributed by atoms with van der Waals surface area (Å²) in [4.78, 5) is 29.7. The van der Waals surface area contributed by atoms with Gasteiger partial charge in [-0.15, -0.1) is 0 Å². The van der Waals surface area contributed by atoms with Gasteiger partial charge in [0.1, 0.15) is 18.3 Å². The number of sulfonamides is 1. The van der Waals surface area contributed by atoms with Crippen LogP contribution in [0.3, 0.4) is 0 Å². The first-order valence-electron chi connectivity index (χ1n) is 14.1. The highest BCUT2D eigenvalue weighted by molar-refractivity contribution is 7.92. The number of methoxy groups -OCH3 is 1. The highest BCUT2D eigenvalue weighted by Crippen LogP contribution is 2.24. The van der Waals surface area contributed by atoms with Gasteiger partial charge in [0.25, 0.3) is 0 Å². The standard InChI is InChI=1S/C32H38ClN3O5S/c1-41-29-18-9-13-25(19-29)22-35(31(37)23-36(42(2,39)40)28-17-10-14-26(33)21-28)30(20-24-11-5-3-6-12-24)32(38)34-27-15-7-4-8-16-27/h3,5-6,9-14,17-19,21,27,30H,4,7-8,15-16,20,22-23H2,1-2H3,(H,34,38)/t30-/m0/s1. The molecule has 3 aromatic rings. The smallest absolute Gasteiger partial charge is 0.244 e. The second-order valence-corrected chi connectivity index (χ2v) is 13.0. The van der Waals surface area contributed by atoms with Crippen LogP contribution >= 0.6 is 11.6 Å². The fraction of sp³-hybridized carbons (Fsp3) is 0.375. The average molecular weight is 612 g/mol. The maximum atomic E-state index is 14.2. The van der Waals surface area contributed by atoms with Crippen LogP contribution in [0.2, 0.25) is 5.02 Å². The molecule has 0 unspecified atom stereocenters. The van der Waals surface area contributed by atoms with E-state index in [9.17, 15) is 18.0 Å². The second-order valence-electron chi connectivity index (χ2n) is 10.7. The van der Waals surface area contributed by atoms with Crippen molar-refractivity contribution in [2.45, 2.75) is 57.2 Å². The van der Waals surface area contributed by atoms with Gasteiger partial charge < -0.3 is 15.0 Å². The molecule has 1 fully saturated rings. The number of anilines is 1. The van der Waals surface area contributed by atoms with Crippen molar-refractivity contribution in [3.63, 3.8) is 0 Å². The van der Waals surface area contributed by atoms with E-state index in [-0.39, 0.29) is 30.6 Å². The van der Waals surface area contributed by atoms with Crippen LogP contribution in [-0.2, 0) is 32.6 Å². The number of ether oxygens (including phenoxy) is 1. The van der Waals surface area contributed by atoms with Gasteiger partial charge in [0, 0.05) is 24.0 Å². The summed E-state index contributed by atoms with van der Waals surface area (Å²) in [5.41, 5.74) is 1.91. The normalized spacial score (nSPS) is 14.5. The molecule has 3 aromatic carbocycles. The molecular formula is C32H38ClN3O5S. The molecule has 0 bridgehead atoms. The molecule has 0 spiro atoms. The van der Waals surface area contributed by atoms with Gasteiger partial charge in [-0.3, -0.25) is 13.9 Å². The van der Waals surface area contributed by atoms with Crippen LogP contribution in [0.15, 0.2) is 78.9 Å². The van der Waals surface area contributed by atoms with Crippen LogP contribution in [0.4, 0.5) is 5.69 Å². The Morgan fingerprint density at radius 1 is 0.952 bits per heavy atom. The molecule has 0 heterocycles. The van der Waals surface area contributed by atoms with E-state index < -0.39 is 28.5 Å². The molecule has 8 nitrogen and oxygen atoms in total. The lowest BCUT2D eigenvalue weighted by Crippen LogP contribution is -2.55. The zero-order chi connectivity index (χ0) is 30.1. The molecule has 4 rings (SSSR count). The van der Waals surface area contributed by atoms with E-state index in [0.29, 0.717) is 10.8 Å². The highest BCUT2D eigenvalue weighted by atomic mass is 35.5. The van der Waals surface area contributed by atoms with Crippen molar-refractivity contribution in [2.75, 3.05) is 24.2 Å². The number of rotatable bonds is 12. The number of hydrogen-bond donors (Lipinski definition) is 1. The lowest BCUT2D eigenvalue weighted by molar-refractivity contribution is -0.140. The summed E-state index contributed by atoms with van der Waals surface area (Å²) < 4.78 is 32.3. The minimum atomic E-state index is -3.87. The van der Waals surface area contributed by atoms with E-state index in [4.69, 9.17) is 16.3 Å². The van der Waals surface area contributed by atoms with Crippen LogP contribution in [0.1, 0.15) is 43.2 Å².